The summed E-state index contributed by atoms with van der Waals surface area (Å²) in [6.45, 7) is 0. The summed E-state index contributed by atoms with van der Waals surface area (Å²) in [6.07, 6.45) is -4.47. The summed E-state index contributed by atoms with van der Waals surface area (Å²) in [5, 5.41) is 0.0715. The Morgan fingerprint density at radius 1 is 1.31 bits per heavy atom. The van der Waals surface area contributed by atoms with Crippen LogP contribution in [0.5, 0.6) is 0 Å². The van der Waals surface area contributed by atoms with Gasteiger partial charge in [-0.25, -0.2) is 4.98 Å². The summed E-state index contributed by atoms with van der Waals surface area (Å²) in [6, 6.07) is 2.69. The molecule has 84 valence electrons. The van der Waals surface area contributed by atoms with E-state index in [2.05, 4.69) is 9.97 Å². The van der Waals surface area contributed by atoms with Gasteiger partial charge in [-0.05, 0) is 18.2 Å². The smallest absolute Gasteiger partial charge is 0.369 e. The van der Waals surface area contributed by atoms with Gasteiger partial charge < -0.3 is 5.73 Å². The van der Waals surface area contributed by atoms with E-state index in [9.17, 15) is 18.0 Å². The third kappa shape index (κ3) is 1.71. The number of rotatable bonds is 0. The SMILES string of the molecule is Nc1nc2cc(C(F)(F)F)ccc2c(=O)[nH]1. The summed E-state index contributed by atoms with van der Waals surface area (Å²) in [5.41, 5.74) is 3.74. The largest absolute Gasteiger partial charge is 0.416 e. The molecule has 0 saturated heterocycles. The quantitative estimate of drug-likeness (QED) is 0.719. The number of nitrogens with one attached hydrogen (secondary N) is 1. The number of hydrogen-bond acceptors (Lipinski definition) is 3. The molecule has 0 unspecified atom stereocenters. The number of alkyl halides is 3. The third-order valence-electron chi connectivity index (χ3n) is 2.05. The van der Waals surface area contributed by atoms with Gasteiger partial charge in [-0.3, -0.25) is 9.78 Å². The zero-order valence-corrected chi connectivity index (χ0v) is 7.80. The number of aromatic nitrogens is 2. The zero-order valence-electron chi connectivity index (χ0n) is 7.80. The highest BCUT2D eigenvalue weighted by atomic mass is 19.4. The molecule has 0 atom stereocenters. The maximum Gasteiger partial charge on any atom is 0.416 e. The van der Waals surface area contributed by atoms with Crippen molar-refractivity contribution in [2.45, 2.75) is 6.18 Å². The molecule has 0 aliphatic rings. The molecule has 0 bridgehead atoms. The Morgan fingerprint density at radius 2 is 2.00 bits per heavy atom. The lowest BCUT2D eigenvalue weighted by Gasteiger charge is -2.06. The molecule has 2 aromatic rings. The van der Waals surface area contributed by atoms with Gasteiger partial charge in [0.1, 0.15) is 0 Å². The van der Waals surface area contributed by atoms with Crippen LogP contribution in [0.1, 0.15) is 5.56 Å². The Labute approximate surface area is 86.9 Å². The number of nitrogens with two attached hydrogens (primary N) is 1. The number of fused-ring (bicyclic) bond motifs is 1. The van der Waals surface area contributed by atoms with Crippen LogP contribution in [0.15, 0.2) is 23.0 Å². The molecular weight excluding hydrogens is 223 g/mol. The van der Waals surface area contributed by atoms with E-state index < -0.39 is 17.3 Å². The number of benzene rings is 1. The molecule has 2 rings (SSSR count). The van der Waals surface area contributed by atoms with Gasteiger partial charge >= 0.3 is 6.18 Å². The topological polar surface area (TPSA) is 71.8 Å². The minimum atomic E-state index is -4.47. The van der Waals surface area contributed by atoms with Crippen molar-refractivity contribution in [3.63, 3.8) is 0 Å². The Balaban J connectivity index is 2.76. The molecule has 1 aromatic heterocycles. The summed E-state index contributed by atoms with van der Waals surface area (Å²) in [4.78, 5) is 17.1. The molecule has 0 fully saturated rings. The minimum Gasteiger partial charge on any atom is -0.369 e. The van der Waals surface area contributed by atoms with E-state index in [1.54, 1.807) is 0 Å². The summed E-state index contributed by atoms with van der Waals surface area (Å²) < 4.78 is 37.1. The summed E-state index contributed by atoms with van der Waals surface area (Å²) >= 11 is 0. The van der Waals surface area contributed by atoms with Crippen molar-refractivity contribution in [3.8, 4) is 0 Å². The standard InChI is InChI=1S/C9H6F3N3O/c10-9(11,12)4-1-2-5-6(3-4)14-8(13)15-7(5)16/h1-3H,(H3,13,14,15,16). The number of aromatic amines is 1. The zero-order chi connectivity index (χ0) is 11.9. The highest BCUT2D eigenvalue weighted by Gasteiger charge is 2.30. The van der Waals surface area contributed by atoms with Gasteiger partial charge in [-0.1, -0.05) is 0 Å². The van der Waals surface area contributed by atoms with Gasteiger partial charge in [-0.15, -0.1) is 0 Å². The van der Waals surface area contributed by atoms with Gasteiger partial charge in [0.25, 0.3) is 5.56 Å². The van der Waals surface area contributed by atoms with Crippen molar-refractivity contribution in [2.24, 2.45) is 0 Å². The predicted octanol–water partition coefficient (Wildman–Crippen LogP) is 1.52. The van der Waals surface area contributed by atoms with Gasteiger partial charge in [0.05, 0.1) is 16.5 Å². The van der Waals surface area contributed by atoms with E-state index in [0.717, 1.165) is 18.2 Å². The number of nitrogens with zero attached hydrogens (tertiary/aromatic N) is 1. The van der Waals surface area contributed by atoms with Gasteiger partial charge in [0.15, 0.2) is 0 Å². The molecule has 3 N–H and O–H groups in total. The van der Waals surface area contributed by atoms with Crippen molar-refractivity contribution < 1.29 is 13.2 Å². The van der Waals surface area contributed by atoms with E-state index in [4.69, 9.17) is 5.73 Å². The Bertz CT molecular complexity index is 603. The lowest BCUT2D eigenvalue weighted by Crippen LogP contribution is -2.12. The fourth-order valence-corrected chi connectivity index (χ4v) is 1.33. The van der Waals surface area contributed by atoms with E-state index in [1.165, 1.54) is 0 Å². The predicted molar refractivity (Wildman–Crippen MR) is 51.8 cm³/mol. The number of halogens is 3. The molecule has 7 heteroatoms. The Kier molecular flexibility index (Phi) is 2.11. The first-order valence-corrected chi connectivity index (χ1v) is 4.24. The van der Waals surface area contributed by atoms with Crippen molar-refractivity contribution in [2.75, 3.05) is 5.73 Å². The number of H-pyrrole nitrogens is 1. The molecule has 1 heterocycles. The molecule has 0 radical (unpaired) electrons. The second-order valence-corrected chi connectivity index (χ2v) is 3.18. The Hall–Kier alpha value is -2.05. The van der Waals surface area contributed by atoms with Crippen molar-refractivity contribution in [3.05, 3.63) is 34.1 Å². The monoisotopic (exact) mass is 229 g/mol. The van der Waals surface area contributed by atoms with E-state index in [0.29, 0.717) is 0 Å². The van der Waals surface area contributed by atoms with Crippen LogP contribution in [0.3, 0.4) is 0 Å². The van der Waals surface area contributed by atoms with E-state index in [1.807, 2.05) is 0 Å². The molecule has 1 aromatic carbocycles. The lowest BCUT2D eigenvalue weighted by atomic mass is 10.1. The van der Waals surface area contributed by atoms with Crippen molar-refractivity contribution in [1.82, 2.24) is 9.97 Å². The maximum atomic E-state index is 12.4. The van der Waals surface area contributed by atoms with Crippen molar-refractivity contribution in [1.29, 1.82) is 0 Å². The number of nitrogen functional groups attached to an aromatic ring is 1. The van der Waals surface area contributed by atoms with Crippen LogP contribution >= 0.6 is 0 Å². The first-order valence-electron chi connectivity index (χ1n) is 4.24. The van der Waals surface area contributed by atoms with Gasteiger partial charge in [-0.2, -0.15) is 13.2 Å². The van der Waals surface area contributed by atoms with E-state index in [-0.39, 0.29) is 16.9 Å². The first-order chi connectivity index (χ1) is 7.38. The summed E-state index contributed by atoms with van der Waals surface area (Å²) in [7, 11) is 0. The van der Waals surface area contributed by atoms with Crippen LogP contribution in [-0.4, -0.2) is 9.97 Å². The average molecular weight is 229 g/mol. The fraction of sp³-hybridized carbons (Fsp3) is 0.111. The number of hydrogen-bond donors (Lipinski definition) is 2. The second-order valence-electron chi connectivity index (χ2n) is 3.18. The van der Waals surface area contributed by atoms with Crippen LogP contribution in [-0.2, 0) is 6.18 Å². The normalized spacial score (nSPS) is 11.9. The van der Waals surface area contributed by atoms with Crippen LogP contribution in [0.4, 0.5) is 19.1 Å². The fourth-order valence-electron chi connectivity index (χ4n) is 1.33. The van der Waals surface area contributed by atoms with Gasteiger partial charge in [0, 0.05) is 0 Å². The third-order valence-corrected chi connectivity index (χ3v) is 2.05. The highest BCUT2D eigenvalue weighted by Crippen LogP contribution is 2.30. The van der Waals surface area contributed by atoms with Crippen molar-refractivity contribution >= 4 is 16.9 Å². The first kappa shape index (κ1) is 10.5. The molecule has 0 saturated carbocycles. The minimum absolute atomic E-state index is 0.0715. The van der Waals surface area contributed by atoms with Gasteiger partial charge in [0.2, 0.25) is 5.95 Å². The molecule has 4 nitrogen and oxygen atoms in total. The molecule has 0 amide bonds. The molecule has 0 spiro atoms. The van der Waals surface area contributed by atoms with E-state index >= 15 is 0 Å². The van der Waals surface area contributed by atoms with Crippen LogP contribution in [0.25, 0.3) is 10.9 Å². The van der Waals surface area contributed by atoms with Crippen LogP contribution in [0, 0.1) is 0 Å². The maximum absolute atomic E-state index is 12.4. The Morgan fingerprint density at radius 3 is 2.62 bits per heavy atom. The highest BCUT2D eigenvalue weighted by molar-refractivity contribution is 5.79. The van der Waals surface area contributed by atoms with Crippen LogP contribution in [0.2, 0.25) is 0 Å². The molecular formula is C9H6F3N3O. The molecule has 16 heavy (non-hydrogen) atoms. The lowest BCUT2D eigenvalue weighted by molar-refractivity contribution is -0.137. The number of anilines is 1. The molecule has 0 aliphatic carbocycles. The van der Waals surface area contributed by atoms with Crippen LogP contribution < -0.4 is 11.3 Å². The molecule has 0 aliphatic heterocycles. The second kappa shape index (κ2) is 3.22. The summed E-state index contributed by atoms with van der Waals surface area (Å²) in [5.74, 6) is -0.211. The average Bonchev–Trinajstić information content (AvgIpc) is 2.15.